The first-order valence-corrected chi connectivity index (χ1v) is 7.66. The van der Waals surface area contributed by atoms with Crippen molar-refractivity contribution in [1.29, 1.82) is 0 Å². The fourth-order valence-corrected chi connectivity index (χ4v) is 3.39. The number of nitrogens with two attached hydrogens (primary N) is 1. The lowest BCUT2D eigenvalue weighted by Gasteiger charge is -2.30. The van der Waals surface area contributed by atoms with Crippen LogP contribution < -0.4 is 5.73 Å². The van der Waals surface area contributed by atoms with Crippen molar-refractivity contribution in [3.63, 3.8) is 0 Å². The monoisotopic (exact) mass is 332 g/mol. The molecule has 0 radical (unpaired) electrons. The molecule has 0 bridgehead atoms. The Morgan fingerprint density at radius 2 is 1.88 bits per heavy atom. The predicted octanol–water partition coefficient (Wildman–Crippen LogP) is 2.82. The molecular formula is C17H15F3N4. The van der Waals surface area contributed by atoms with E-state index in [9.17, 15) is 13.2 Å². The minimum Gasteiger partial charge on any atom is -0.326 e. The molecule has 3 heterocycles. The highest BCUT2D eigenvalue weighted by Gasteiger charge is 2.32. The van der Waals surface area contributed by atoms with Crippen LogP contribution in [0.2, 0.25) is 0 Å². The summed E-state index contributed by atoms with van der Waals surface area (Å²) in [5.41, 5.74) is 8.86. The van der Waals surface area contributed by atoms with Gasteiger partial charge < -0.3 is 10.3 Å². The number of hydrogen-bond acceptors (Lipinski definition) is 3. The number of fused-ring (bicyclic) bond motifs is 3. The van der Waals surface area contributed by atoms with Gasteiger partial charge in [0.2, 0.25) is 0 Å². The lowest BCUT2D eigenvalue weighted by atomic mass is 9.86. The maximum Gasteiger partial charge on any atom is 0.161 e. The van der Waals surface area contributed by atoms with Crippen LogP contribution in [-0.4, -0.2) is 20.6 Å². The summed E-state index contributed by atoms with van der Waals surface area (Å²) in [4.78, 5) is 8.75. The molecule has 4 nitrogen and oxygen atoms in total. The van der Waals surface area contributed by atoms with E-state index in [1.807, 2.05) is 17.6 Å². The Labute approximate surface area is 136 Å². The van der Waals surface area contributed by atoms with Gasteiger partial charge in [-0.3, -0.25) is 4.98 Å². The molecule has 1 aromatic carbocycles. The maximum atomic E-state index is 14.1. The summed E-state index contributed by atoms with van der Waals surface area (Å²) in [6, 6.07) is 2.97. The molecule has 7 heteroatoms. The molecule has 2 N–H and O–H groups in total. The van der Waals surface area contributed by atoms with Crippen LogP contribution in [0.3, 0.4) is 0 Å². The van der Waals surface area contributed by atoms with Crippen molar-refractivity contribution in [2.24, 2.45) is 5.73 Å². The van der Waals surface area contributed by atoms with Crippen LogP contribution in [0, 0.1) is 24.4 Å². The quantitative estimate of drug-likeness (QED) is 0.697. The van der Waals surface area contributed by atoms with Gasteiger partial charge >= 0.3 is 0 Å². The van der Waals surface area contributed by atoms with E-state index in [1.165, 1.54) is 0 Å². The number of aryl methyl sites for hydroxylation is 1. The van der Waals surface area contributed by atoms with Crippen LogP contribution in [0.4, 0.5) is 13.2 Å². The second kappa shape index (κ2) is 5.31. The van der Waals surface area contributed by atoms with E-state index in [0.29, 0.717) is 19.0 Å². The Kier molecular flexibility index (Phi) is 3.35. The number of aromatic nitrogens is 3. The molecule has 0 amide bonds. The van der Waals surface area contributed by atoms with E-state index in [2.05, 4.69) is 9.97 Å². The Bertz CT molecular complexity index is 951. The zero-order valence-corrected chi connectivity index (χ0v) is 12.9. The van der Waals surface area contributed by atoms with Gasteiger partial charge in [0, 0.05) is 36.7 Å². The first-order valence-electron chi connectivity index (χ1n) is 7.66. The Morgan fingerprint density at radius 1 is 1.12 bits per heavy atom. The number of hydrogen-bond donors (Lipinski definition) is 1. The Morgan fingerprint density at radius 3 is 2.67 bits per heavy atom. The van der Waals surface area contributed by atoms with Gasteiger partial charge in [0.05, 0.1) is 11.7 Å². The smallest absolute Gasteiger partial charge is 0.161 e. The highest BCUT2D eigenvalue weighted by Crippen LogP contribution is 2.33. The second-order valence-corrected chi connectivity index (χ2v) is 6.22. The van der Waals surface area contributed by atoms with Gasteiger partial charge in [-0.1, -0.05) is 0 Å². The van der Waals surface area contributed by atoms with E-state index in [1.54, 1.807) is 6.20 Å². The highest BCUT2D eigenvalue weighted by atomic mass is 19.2. The molecule has 124 valence electrons. The molecule has 0 spiro atoms. The molecule has 3 aromatic rings. The van der Waals surface area contributed by atoms with Gasteiger partial charge in [0.1, 0.15) is 17.2 Å². The van der Waals surface area contributed by atoms with Crippen molar-refractivity contribution in [1.82, 2.24) is 14.5 Å². The third-order valence-electron chi connectivity index (χ3n) is 4.60. The normalized spacial score (nSPS) is 20.4. The molecule has 1 aliphatic heterocycles. The highest BCUT2D eigenvalue weighted by molar-refractivity contribution is 5.75. The number of benzene rings is 1. The number of rotatable bonds is 1. The van der Waals surface area contributed by atoms with Gasteiger partial charge in [0.15, 0.2) is 11.6 Å². The first kappa shape index (κ1) is 15.1. The maximum absolute atomic E-state index is 14.1. The third-order valence-corrected chi connectivity index (χ3v) is 4.60. The summed E-state index contributed by atoms with van der Waals surface area (Å²) in [7, 11) is 0. The summed E-state index contributed by atoms with van der Waals surface area (Å²) in [6.07, 6.45) is 2.05. The zero-order valence-electron chi connectivity index (χ0n) is 12.9. The molecule has 2 atom stereocenters. The molecule has 1 aliphatic rings. The van der Waals surface area contributed by atoms with Crippen LogP contribution in [0.1, 0.15) is 23.0 Å². The van der Waals surface area contributed by atoms with Crippen LogP contribution in [0.25, 0.3) is 11.0 Å². The van der Waals surface area contributed by atoms with Gasteiger partial charge in [-0.2, -0.15) is 0 Å². The first-order chi connectivity index (χ1) is 11.4. The predicted molar refractivity (Wildman–Crippen MR) is 83.0 cm³/mol. The van der Waals surface area contributed by atoms with Crippen molar-refractivity contribution in [3.05, 3.63) is 58.9 Å². The van der Waals surface area contributed by atoms with Gasteiger partial charge in [0.25, 0.3) is 0 Å². The summed E-state index contributed by atoms with van der Waals surface area (Å²) in [5.74, 6) is -2.77. The zero-order chi connectivity index (χ0) is 17.0. The van der Waals surface area contributed by atoms with Crippen molar-refractivity contribution >= 4 is 11.0 Å². The lowest BCUT2D eigenvalue weighted by molar-refractivity contribution is 0.391. The second-order valence-electron chi connectivity index (χ2n) is 6.22. The summed E-state index contributed by atoms with van der Waals surface area (Å²) in [6.45, 7) is 2.32. The van der Waals surface area contributed by atoms with Crippen LogP contribution in [0.5, 0.6) is 0 Å². The van der Waals surface area contributed by atoms with Gasteiger partial charge in [-0.05, 0) is 24.6 Å². The molecule has 0 aliphatic carbocycles. The lowest BCUT2D eigenvalue weighted by Crippen LogP contribution is -2.39. The molecule has 4 rings (SSSR count). The van der Waals surface area contributed by atoms with E-state index in [0.717, 1.165) is 28.6 Å². The average Bonchev–Trinajstić information content (AvgIpc) is 2.87. The van der Waals surface area contributed by atoms with Crippen molar-refractivity contribution in [2.75, 3.05) is 0 Å². The fourth-order valence-electron chi connectivity index (χ4n) is 3.39. The molecule has 1 unspecified atom stereocenters. The Balaban J connectivity index is 1.80. The fraction of sp³-hybridized carbons (Fsp3) is 0.294. The number of imidazole rings is 1. The number of halogens is 3. The van der Waals surface area contributed by atoms with Crippen LogP contribution in [-0.2, 0) is 13.0 Å². The van der Waals surface area contributed by atoms with E-state index in [4.69, 9.17) is 5.73 Å². The summed E-state index contributed by atoms with van der Waals surface area (Å²) < 4.78 is 42.8. The van der Waals surface area contributed by atoms with Gasteiger partial charge in [-0.25, -0.2) is 18.2 Å². The SMILES string of the molecule is Cc1cc2c(cn1)nc1n2C[C@H](N)C(c2cc(F)c(F)cc2F)C1. The van der Waals surface area contributed by atoms with E-state index >= 15 is 0 Å². The number of pyridine rings is 1. The van der Waals surface area contributed by atoms with E-state index < -0.39 is 29.4 Å². The molecule has 0 fully saturated rings. The van der Waals surface area contributed by atoms with Crippen LogP contribution >= 0.6 is 0 Å². The third kappa shape index (κ3) is 2.27. The van der Waals surface area contributed by atoms with E-state index in [-0.39, 0.29) is 5.56 Å². The molecule has 0 saturated heterocycles. The minimum atomic E-state index is -1.20. The summed E-state index contributed by atoms with van der Waals surface area (Å²) in [5, 5.41) is 0. The summed E-state index contributed by atoms with van der Waals surface area (Å²) >= 11 is 0. The topological polar surface area (TPSA) is 56.7 Å². The van der Waals surface area contributed by atoms with Gasteiger partial charge in [-0.15, -0.1) is 0 Å². The van der Waals surface area contributed by atoms with Crippen molar-refractivity contribution < 1.29 is 13.2 Å². The largest absolute Gasteiger partial charge is 0.326 e. The standard InChI is InChI=1S/C17H15F3N4/c1-8-2-16-15(6-22-8)23-17-4-10(14(21)7-24(16)17)9-3-12(19)13(20)5-11(9)18/h2-3,5-6,10,14H,4,7,21H2,1H3/t10?,14-/m0/s1. The van der Waals surface area contributed by atoms with Crippen molar-refractivity contribution in [2.45, 2.75) is 31.8 Å². The minimum absolute atomic E-state index is 0.0917. The van der Waals surface area contributed by atoms with Crippen LogP contribution in [0.15, 0.2) is 24.4 Å². The molecule has 24 heavy (non-hydrogen) atoms. The van der Waals surface area contributed by atoms with Crippen molar-refractivity contribution in [3.8, 4) is 0 Å². The average molecular weight is 332 g/mol. The molecule has 2 aromatic heterocycles. The molecule has 0 saturated carbocycles. The molecular weight excluding hydrogens is 317 g/mol. The Hall–Kier alpha value is -2.41. The number of nitrogens with zero attached hydrogens (tertiary/aromatic N) is 3.